The molecule has 0 bridgehead atoms. The fourth-order valence-corrected chi connectivity index (χ4v) is 2.46. The number of nitrogens with one attached hydrogen (secondary N) is 1. The standard InChI is InChI=1S/C15H16N2O3/c18-14(19)7-8-17(10-5-6-10)15(20)12-9-16-13-4-2-1-3-11(12)13/h1-4,9-10,16H,5-8H2,(H,18,19). The highest BCUT2D eigenvalue weighted by atomic mass is 16.4. The van der Waals surface area contributed by atoms with Gasteiger partial charge < -0.3 is 15.0 Å². The molecule has 104 valence electrons. The predicted octanol–water partition coefficient (Wildman–Crippen LogP) is 2.25. The first-order valence-corrected chi connectivity index (χ1v) is 6.75. The van der Waals surface area contributed by atoms with Crippen LogP contribution in [-0.4, -0.2) is 39.5 Å². The molecule has 0 radical (unpaired) electrons. The summed E-state index contributed by atoms with van der Waals surface area (Å²) in [5.74, 6) is -0.950. The highest BCUT2D eigenvalue weighted by molar-refractivity contribution is 6.06. The van der Waals surface area contributed by atoms with E-state index < -0.39 is 5.97 Å². The first kappa shape index (κ1) is 12.7. The molecule has 3 rings (SSSR count). The second-order valence-corrected chi connectivity index (χ2v) is 5.12. The monoisotopic (exact) mass is 272 g/mol. The van der Waals surface area contributed by atoms with Crippen molar-refractivity contribution in [1.82, 2.24) is 9.88 Å². The summed E-state index contributed by atoms with van der Waals surface area (Å²) in [5, 5.41) is 9.69. The molecule has 20 heavy (non-hydrogen) atoms. The van der Waals surface area contributed by atoms with Gasteiger partial charge in [0.15, 0.2) is 0 Å². The summed E-state index contributed by atoms with van der Waals surface area (Å²) in [4.78, 5) is 28.1. The molecule has 1 heterocycles. The first-order chi connectivity index (χ1) is 9.66. The van der Waals surface area contributed by atoms with E-state index in [-0.39, 0.29) is 24.9 Å². The maximum Gasteiger partial charge on any atom is 0.305 e. The van der Waals surface area contributed by atoms with Crippen LogP contribution in [0.2, 0.25) is 0 Å². The lowest BCUT2D eigenvalue weighted by Crippen LogP contribution is -2.34. The van der Waals surface area contributed by atoms with Crippen LogP contribution in [0.25, 0.3) is 10.9 Å². The highest BCUT2D eigenvalue weighted by Gasteiger charge is 2.33. The average Bonchev–Trinajstić information content (AvgIpc) is 3.17. The number of rotatable bonds is 5. The highest BCUT2D eigenvalue weighted by Crippen LogP contribution is 2.30. The maximum absolute atomic E-state index is 12.6. The van der Waals surface area contributed by atoms with Gasteiger partial charge in [-0.15, -0.1) is 0 Å². The third-order valence-electron chi connectivity index (χ3n) is 3.63. The van der Waals surface area contributed by atoms with Gasteiger partial charge >= 0.3 is 5.97 Å². The molecule has 5 heteroatoms. The SMILES string of the molecule is O=C(O)CCN(C(=O)c1c[nH]c2ccccc12)C1CC1. The molecule has 1 aromatic carbocycles. The van der Waals surface area contributed by atoms with Gasteiger partial charge in [-0.2, -0.15) is 0 Å². The van der Waals surface area contributed by atoms with Crippen LogP contribution in [0.4, 0.5) is 0 Å². The Kier molecular flexibility index (Phi) is 3.18. The molecule has 1 aliphatic carbocycles. The van der Waals surface area contributed by atoms with Gasteiger partial charge in [-0.25, -0.2) is 0 Å². The molecular weight excluding hydrogens is 256 g/mol. The van der Waals surface area contributed by atoms with E-state index in [4.69, 9.17) is 5.11 Å². The van der Waals surface area contributed by atoms with E-state index in [2.05, 4.69) is 4.98 Å². The summed E-state index contributed by atoms with van der Waals surface area (Å²) in [6, 6.07) is 7.84. The molecule has 0 atom stereocenters. The van der Waals surface area contributed by atoms with Crippen molar-refractivity contribution in [2.24, 2.45) is 0 Å². The lowest BCUT2D eigenvalue weighted by atomic mass is 10.1. The number of carboxylic acids is 1. The van der Waals surface area contributed by atoms with Gasteiger partial charge in [0.05, 0.1) is 12.0 Å². The second-order valence-electron chi connectivity index (χ2n) is 5.12. The Morgan fingerprint density at radius 2 is 2.05 bits per heavy atom. The van der Waals surface area contributed by atoms with Crippen molar-refractivity contribution < 1.29 is 14.7 Å². The Morgan fingerprint density at radius 3 is 2.75 bits per heavy atom. The van der Waals surface area contributed by atoms with E-state index in [0.29, 0.717) is 5.56 Å². The zero-order valence-electron chi connectivity index (χ0n) is 11.0. The summed E-state index contributed by atoms with van der Waals surface area (Å²) in [5.41, 5.74) is 1.54. The number of fused-ring (bicyclic) bond motifs is 1. The Labute approximate surface area is 116 Å². The van der Waals surface area contributed by atoms with Gasteiger partial charge in [-0.1, -0.05) is 18.2 Å². The normalized spacial score (nSPS) is 14.4. The molecule has 1 saturated carbocycles. The van der Waals surface area contributed by atoms with E-state index in [1.54, 1.807) is 11.1 Å². The molecule has 0 spiro atoms. The molecule has 2 N–H and O–H groups in total. The fourth-order valence-electron chi connectivity index (χ4n) is 2.46. The van der Waals surface area contributed by atoms with E-state index >= 15 is 0 Å². The van der Waals surface area contributed by atoms with Crippen molar-refractivity contribution in [1.29, 1.82) is 0 Å². The fraction of sp³-hybridized carbons (Fsp3) is 0.333. The molecule has 0 unspecified atom stereocenters. The minimum Gasteiger partial charge on any atom is -0.481 e. The zero-order chi connectivity index (χ0) is 14.1. The van der Waals surface area contributed by atoms with Gasteiger partial charge in [-0.3, -0.25) is 9.59 Å². The number of nitrogens with zero attached hydrogens (tertiary/aromatic N) is 1. The van der Waals surface area contributed by atoms with Crippen molar-refractivity contribution in [3.05, 3.63) is 36.0 Å². The van der Waals surface area contributed by atoms with E-state index in [0.717, 1.165) is 23.7 Å². The van der Waals surface area contributed by atoms with Gasteiger partial charge in [0, 0.05) is 29.7 Å². The molecule has 2 aromatic rings. The third kappa shape index (κ3) is 2.39. The molecule has 0 saturated heterocycles. The molecule has 1 aliphatic rings. The van der Waals surface area contributed by atoms with E-state index in [1.807, 2.05) is 24.3 Å². The van der Waals surface area contributed by atoms with Gasteiger partial charge in [0.2, 0.25) is 0 Å². The summed E-state index contributed by atoms with van der Waals surface area (Å²) in [6.07, 6.45) is 3.63. The Bertz CT molecular complexity index is 658. The smallest absolute Gasteiger partial charge is 0.305 e. The minimum absolute atomic E-state index is 0.00933. The Balaban J connectivity index is 1.87. The largest absolute Gasteiger partial charge is 0.481 e. The summed E-state index contributed by atoms with van der Waals surface area (Å²) in [7, 11) is 0. The molecule has 0 aliphatic heterocycles. The number of aliphatic carboxylic acids is 1. The molecular formula is C15H16N2O3. The van der Waals surface area contributed by atoms with E-state index in [1.165, 1.54) is 0 Å². The van der Waals surface area contributed by atoms with Crippen LogP contribution in [-0.2, 0) is 4.79 Å². The summed E-state index contributed by atoms with van der Waals surface area (Å²) < 4.78 is 0. The summed E-state index contributed by atoms with van der Waals surface area (Å²) in [6.45, 7) is 0.276. The van der Waals surface area contributed by atoms with Crippen molar-refractivity contribution in [3.8, 4) is 0 Å². The lowest BCUT2D eigenvalue weighted by Gasteiger charge is -2.21. The van der Waals surface area contributed by atoms with Crippen LogP contribution in [0.5, 0.6) is 0 Å². The average molecular weight is 272 g/mol. The van der Waals surface area contributed by atoms with Crippen molar-refractivity contribution in [2.45, 2.75) is 25.3 Å². The number of H-pyrrole nitrogens is 1. The second kappa shape index (κ2) is 5.00. The Hall–Kier alpha value is -2.30. The van der Waals surface area contributed by atoms with Crippen molar-refractivity contribution in [2.75, 3.05) is 6.54 Å². The zero-order valence-corrected chi connectivity index (χ0v) is 11.0. The summed E-state index contributed by atoms with van der Waals surface area (Å²) >= 11 is 0. The number of benzene rings is 1. The van der Waals surface area contributed by atoms with Crippen LogP contribution < -0.4 is 0 Å². The molecule has 1 fully saturated rings. The van der Waals surface area contributed by atoms with Crippen molar-refractivity contribution in [3.63, 3.8) is 0 Å². The number of carbonyl (C=O) groups excluding carboxylic acids is 1. The number of carboxylic acid groups (broad SMARTS) is 1. The lowest BCUT2D eigenvalue weighted by molar-refractivity contribution is -0.137. The van der Waals surface area contributed by atoms with Crippen LogP contribution in [0.3, 0.4) is 0 Å². The van der Waals surface area contributed by atoms with Crippen LogP contribution in [0.15, 0.2) is 30.5 Å². The predicted molar refractivity (Wildman–Crippen MR) is 74.6 cm³/mol. The third-order valence-corrected chi connectivity index (χ3v) is 3.63. The topological polar surface area (TPSA) is 73.4 Å². The number of carbonyl (C=O) groups is 2. The van der Waals surface area contributed by atoms with E-state index in [9.17, 15) is 9.59 Å². The molecule has 5 nitrogen and oxygen atoms in total. The Morgan fingerprint density at radius 1 is 1.30 bits per heavy atom. The number of hydrogen-bond acceptors (Lipinski definition) is 2. The first-order valence-electron chi connectivity index (χ1n) is 6.75. The number of aromatic amines is 1. The van der Waals surface area contributed by atoms with Gasteiger partial charge in [0.1, 0.15) is 0 Å². The van der Waals surface area contributed by atoms with Gasteiger partial charge in [-0.05, 0) is 18.9 Å². The van der Waals surface area contributed by atoms with Crippen LogP contribution >= 0.6 is 0 Å². The number of amides is 1. The van der Waals surface area contributed by atoms with Crippen molar-refractivity contribution >= 4 is 22.8 Å². The number of para-hydroxylation sites is 1. The van der Waals surface area contributed by atoms with Crippen LogP contribution in [0, 0.1) is 0 Å². The minimum atomic E-state index is -0.873. The van der Waals surface area contributed by atoms with Crippen LogP contribution in [0.1, 0.15) is 29.6 Å². The molecule has 1 aromatic heterocycles. The maximum atomic E-state index is 12.6. The van der Waals surface area contributed by atoms with Gasteiger partial charge in [0.25, 0.3) is 5.91 Å². The quantitative estimate of drug-likeness (QED) is 0.876. The number of aromatic nitrogens is 1. The number of hydrogen-bond donors (Lipinski definition) is 2. The molecule has 1 amide bonds.